The molecule has 0 fully saturated rings. The van der Waals surface area contributed by atoms with Crippen LogP contribution in [0.1, 0.15) is 30.9 Å². The Balaban J connectivity index is 1.68. The monoisotopic (exact) mass is 416 g/mol. The van der Waals surface area contributed by atoms with E-state index in [4.69, 9.17) is 0 Å². The van der Waals surface area contributed by atoms with Crippen LogP contribution in [0.25, 0.3) is 0 Å². The van der Waals surface area contributed by atoms with Gasteiger partial charge in [-0.1, -0.05) is 13.0 Å². The molecular weight excluding hydrogens is 397 g/mol. The van der Waals surface area contributed by atoms with Gasteiger partial charge in [-0.3, -0.25) is 9.59 Å². The molecule has 0 atom stereocenters. The molecule has 9 heteroatoms. The molecule has 0 saturated heterocycles. The maximum atomic E-state index is 14.5. The standard InChI is InChI=1S/C21H19F3N4O2/c1-3-19(29)28(2)17-8-4-12(10-14(17)22)15-6-7-16(26-15)21(30)25-11-13-5-9-18(23)27-20(13)24/h4-5,7-10H,3,6,11H2,1-2H3,(H,25,30). The van der Waals surface area contributed by atoms with Crippen molar-refractivity contribution in [2.24, 2.45) is 4.99 Å². The van der Waals surface area contributed by atoms with Crippen molar-refractivity contribution >= 4 is 23.2 Å². The first-order chi connectivity index (χ1) is 14.3. The summed E-state index contributed by atoms with van der Waals surface area (Å²) >= 11 is 0. The van der Waals surface area contributed by atoms with Crippen LogP contribution >= 0.6 is 0 Å². The maximum Gasteiger partial charge on any atom is 0.269 e. The number of carbonyl (C=O) groups is 2. The summed E-state index contributed by atoms with van der Waals surface area (Å²) in [4.78, 5) is 32.6. The molecule has 0 unspecified atom stereocenters. The van der Waals surface area contributed by atoms with Crippen molar-refractivity contribution in [1.82, 2.24) is 10.3 Å². The number of halogens is 3. The number of aromatic nitrogens is 1. The number of nitrogens with one attached hydrogen (secondary N) is 1. The fraction of sp³-hybridized carbons (Fsp3) is 0.238. The van der Waals surface area contributed by atoms with E-state index in [1.807, 2.05) is 0 Å². The van der Waals surface area contributed by atoms with Crippen LogP contribution in [0.4, 0.5) is 18.9 Å². The van der Waals surface area contributed by atoms with Crippen molar-refractivity contribution in [3.05, 3.63) is 70.9 Å². The summed E-state index contributed by atoms with van der Waals surface area (Å²) in [5, 5.41) is 2.49. The molecule has 1 aromatic carbocycles. The minimum Gasteiger partial charge on any atom is -0.346 e. The average molecular weight is 416 g/mol. The number of nitrogens with zero attached hydrogens (tertiary/aromatic N) is 3. The largest absolute Gasteiger partial charge is 0.346 e. The summed E-state index contributed by atoms with van der Waals surface area (Å²) in [6.07, 6.45) is 2.14. The van der Waals surface area contributed by atoms with E-state index in [1.54, 1.807) is 19.1 Å². The molecule has 2 amide bonds. The van der Waals surface area contributed by atoms with Crippen molar-refractivity contribution in [3.8, 4) is 0 Å². The molecule has 2 aromatic rings. The molecule has 6 nitrogen and oxygen atoms in total. The zero-order chi connectivity index (χ0) is 21.8. The van der Waals surface area contributed by atoms with Crippen LogP contribution in [-0.2, 0) is 16.1 Å². The molecule has 1 N–H and O–H groups in total. The Labute approximate surface area is 171 Å². The van der Waals surface area contributed by atoms with Gasteiger partial charge in [-0.05, 0) is 35.9 Å². The summed E-state index contributed by atoms with van der Waals surface area (Å²) in [5.41, 5.74) is 1.29. The summed E-state index contributed by atoms with van der Waals surface area (Å²) < 4.78 is 40.9. The van der Waals surface area contributed by atoms with Gasteiger partial charge in [-0.2, -0.15) is 13.8 Å². The first-order valence-electron chi connectivity index (χ1n) is 9.23. The molecule has 0 radical (unpaired) electrons. The highest BCUT2D eigenvalue weighted by atomic mass is 19.1. The quantitative estimate of drug-likeness (QED) is 0.735. The van der Waals surface area contributed by atoms with Gasteiger partial charge in [0.2, 0.25) is 17.8 Å². The third kappa shape index (κ3) is 4.56. The molecule has 1 aromatic heterocycles. The van der Waals surface area contributed by atoms with Crippen LogP contribution in [0, 0.1) is 17.7 Å². The molecule has 0 saturated carbocycles. The van der Waals surface area contributed by atoms with Gasteiger partial charge >= 0.3 is 0 Å². The zero-order valence-electron chi connectivity index (χ0n) is 16.4. The number of allylic oxidation sites excluding steroid dienone is 1. The summed E-state index contributed by atoms with van der Waals surface area (Å²) in [5.74, 6) is -3.27. The molecule has 2 heterocycles. The van der Waals surface area contributed by atoms with E-state index < -0.39 is 23.6 Å². The van der Waals surface area contributed by atoms with Gasteiger partial charge in [0, 0.05) is 32.0 Å². The maximum absolute atomic E-state index is 14.5. The van der Waals surface area contributed by atoms with Crippen molar-refractivity contribution in [1.29, 1.82) is 0 Å². The average Bonchev–Trinajstić information content (AvgIpc) is 3.22. The minimum atomic E-state index is -0.998. The highest BCUT2D eigenvalue weighted by molar-refractivity contribution is 6.08. The minimum absolute atomic E-state index is 0.0379. The van der Waals surface area contributed by atoms with Crippen LogP contribution in [0.3, 0.4) is 0 Å². The lowest BCUT2D eigenvalue weighted by molar-refractivity contribution is -0.118. The van der Waals surface area contributed by atoms with E-state index in [0.29, 0.717) is 17.7 Å². The van der Waals surface area contributed by atoms with Gasteiger partial charge in [0.1, 0.15) is 11.5 Å². The SMILES string of the molecule is CCC(=O)N(C)c1ccc(C2=NC(C(=O)NCc3ccc(F)nc3F)=CC2)cc1F. The smallest absolute Gasteiger partial charge is 0.269 e. The van der Waals surface area contributed by atoms with Gasteiger partial charge < -0.3 is 10.2 Å². The number of amides is 2. The Hall–Kier alpha value is -3.49. The Morgan fingerprint density at radius 1 is 1.17 bits per heavy atom. The van der Waals surface area contributed by atoms with Gasteiger partial charge in [-0.15, -0.1) is 0 Å². The number of benzene rings is 1. The molecule has 1 aliphatic rings. The van der Waals surface area contributed by atoms with Crippen LogP contribution in [0.2, 0.25) is 0 Å². The normalized spacial score (nSPS) is 13.0. The molecular formula is C21H19F3N4O2. The Kier molecular flexibility index (Phi) is 6.29. The van der Waals surface area contributed by atoms with Crippen molar-refractivity contribution in [3.63, 3.8) is 0 Å². The lowest BCUT2D eigenvalue weighted by Crippen LogP contribution is -2.26. The first-order valence-corrected chi connectivity index (χ1v) is 9.23. The van der Waals surface area contributed by atoms with E-state index in [2.05, 4.69) is 15.3 Å². The van der Waals surface area contributed by atoms with Gasteiger partial charge in [0.15, 0.2) is 0 Å². The number of anilines is 1. The molecule has 0 bridgehead atoms. The Morgan fingerprint density at radius 3 is 2.60 bits per heavy atom. The highest BCUT2D eigenvalue weighted by Gasteiger charge is 2.19. The third-order valence-corrected chi connectivity index (χ3v) is 4.63. The van der Waals surface area contributed by atoms with E-state index in [0.717, 1.165) is 6.07 Å². The van der Waals surface area contributed by atoms with Gasteiger partial charge in [0.05, 0.1) is 11.4 Å². The molecule has 156 valence electrons. The zero-order valence-corrected chi connectivity index (χ0v) is 16.4. The Morgan fingerprint density at radius 2 is 1.93 bits per heavy atom. The van der Waals surface area contributed by atoms with Crippen molar-refractivity contribution < 1.29 is 22.8 Å². The third-order valence-electron chi connectivity index (χ3n) is 4.63. The molecule has 1 aliphatic heterocycles. The molecule has 0 spiro atoms. The number of aliphatic imine (C=N–C) groups is 1. The fourth-order valence-electron chi connectivity index (χ4n) is 2.92. The summed E-state index contributed by atoms with van der Waals surface area (Å²) in [7, 11) is 1.50. The topological polar surface area (TPSA) is 74.7 Å². The second-order valence-corrected chi connectivity index (χ2v) is 6.59. The second kappa shape index (κ2) is 8.89. The number of rotatable bonds is 6. The molecule has 30 heavy (non-hydrogen) atoms. The van der Waals surface area contributed by atoms with E-state index >= 15 is 0 Å². The van der Waals surface area contributed by atoms with Gasteiger partial charge in [-0.25, -0.2) is 9.38 Å². The van der Waals surface area contributed by atoms with E-state index in [-0.39, 0.29) is 35.8 Å². The second-order valence-electron chi connectivity index (χ2n) is 6.59. The number of hydrogen-bond acceptors (Lipinski definition) is 4. The predicted molar refractivity (Wildman–Crippen MR) is 105 cm³/mol. The summed E-state index contributed by atoms with van der Waals surface area (Å²) in [6.45, 7) is 1.51. The number of carbonyl (C=O) groups excluding carboxylic acids is 2. The van der Waals surface area contributed by atoms with Crippen LogP contribution in [-0.4, -0.2) is 29.6 Å². The Bertz CT molecular complexity index is 1070. The fourth-order valence-corrected chi connectivity index (χ4v) is 2.92. The van der Waals surface area contributed by atoms with Crippen LogP contribution in [0.5, 0.6) is 0 Å². The van der Waals surface area contributed by atoms with Gasteiger partial charge in [0.25, 0.3) is 5.91 Å². The van der Waals surface area contributed by atoms with Crippen LogP contribution < -0.4 is 10.2 Å². The molecule has 3 rings (SSSR count). The number of hydrogen-bond donors (Lipinski definition) is 1. The van der Waals surface area contributed by atoms with E-state index in [9.17, 15) is 22.8 Å². The molecule has 0 aliphatic carbocycles. The predicted octanol–water partition coefficient (Wildman–Crippen LogP) is 3.26. The lowest BCUT2D eigenvalue weighted by atomic mass is 10.1. The van der Waals surface area contributed by atoms with Crippen molar-refractivity contribution in [2.45, 2.75) is 26.3 Å². The van der Waals surface area contributed by atoms with E-state index in [1.165, 1.54) is 30.1 Å². The van der Waals surface area contributed by atoms with Crippen LogP contribution in [0.15, 0.2) is 47.1 Å². The highest BCUT2D eigenvalue weighted by Crippen LogP contribution is 2.23. The van der Waals surface area contributed by atoms with Crippen molar-refractivity contribution in [2.75, 3.05) is 11.9 Å². The number of pyridine rings is 1. The lowest BCUT2D eigenvalue weighted by Gasteiger charge is -2.17. The summed E-state index contributed by atoms with van der Waals surface area (Å²) in [6, 6.07) is 6.58. The first kappa shape index (κ1) is 21.2.